The third-order valence-electron chi connectivity index (χ3n) is 6.08. The average molecular weight is 409 g/mol. The lowest BCUT2D eigenvalue weighted by Gasteiger charge is -2.54. The number of halogens is 1. The first kappa shape index (κ1) is 20.1. The van der Waals surface area contributed by atoms with Crippen LogP contribution in [0.5, 0.6) is 0 Å². The third-order valence-corrected chi connectivity index (χ3v) is 6.08. The highest BCUT2D eigenvalue weighted by atomic mass is 19.1. The normalized spacial score (nSPS) is 17.0. The lowest BCUT2D eigenvalue weighted by atomic mass is 9.85. The van der Waals surface area contributed by atoms with Gasteiger partial charge in [0.1, 0.15) is 5.82 Å². The van der Waals surface area contributed by atoms with E-state index in [1.807, 2.05) is 29.2 Å². The summed E-state index contributed by atoms with van der Waals surface area (Å²) in [6, 6.07) is 13.5. The molecule has 2 fully saturated rings. The predicted molar refractivity (Wildman–Crippen MR) is 111 cm³/mol. The van der Waals surface area contributed by atoms with Crippen molar-refractivity contribution in [1.82, 2.24) is 10.4 Å². The van der Waals surface area contributed by atoms with Crippen molar-refractivity contribution in [1.29, 1.82) is 0 Å². The molecule has 30 heavy (non-hydrogen) atoms. The number of hydroxylamine groups is 1. The fraction of sp³-hybridized carbons (Fsp3) is 0.304. The van der Waals surface area contributed by atoms with Crippen molar-refractivity contribution >= 4 is 23.1 Å². The van der Waals surface area contributed by atoms with Crippen LogP contribution in [-0.4, -0.2) is 47.1 Å². The summed E-state index contributed by atoms with van der Waals surface area (Å²) < 4.78 is 13.1. The van der Waals surface area contributed by atoms with E-state index in [2.05, 4.69) is 11.5 Å². The van der Waals surface area contributed by atoms with Crippen molar-refractivity contribution < 1.29 is 19.2 Å². The number of amides is 2. The molecule has 2 aromatic rings. The summed E-state index contributed by atoms with van der Waals surface area (Å²) in [6.45, 7) is 5.87. The highest BCUT2D eigenvalue weighted by Gasteiger charge is 2.52. The van der Waals surface area contributed by atoms with Crippen molar-refractivity contribution in [2.75, 3.05) is 24.5 Å². The Morgan fingerprint density at radius 1 is 1.13 bits per heavy atom. The molecule has 0 aliphatic carbocycles. The highest BCUT2D eigenvalue weighted by molar-refractivity contribution is 6.19. The molecule has 2 aliphatic heterocycles. The second kappa shape index (κ2) is 7.91. The largest absolute Gasteiger partial charge is 0.362 e. The van der Waals surface area contributed by atoms with E-state index < -0.39 is 5.91 Å². The summed E-state index contributed by atoms with van der Waals surface area (Å²) in [4.78, 5) is 28.7. The van der Waals surface area contributed by atoms with E-state index in [0.29, 0.717) is 18.7 Å². The van der Waals surface area contributed by atoms with E-state index in [4.69, 9.17) is 5.21 Å². The summed E-state index contributed by atoms with van der Waals surface area (Å²) in [5.74, 6) is -0.928. The number of likely N-dealkylation sites (tertiary alicyclic amines) is 1. The number of para-hydroxylation sites is 1. The van der Waals surface area contributed by atoms with Crippen LogP contribution in [0, 0.1) is 5.82 Å². The van der Waals surface area contributed by atoms with Gasteiger partial charge in [-0.3, -0.25) is 14.8 Å². The molecular formula is C23H24FN3O3. The monoisotopic (exact) mass is 409 g/mol. The van der Waals surface area contributed by atoms with E-state index in [0.717, 1.165) is 30.6 Å². The molecule has 2 N–H and O–H groups in total. The van der Waals surface area contributed by atoms with Crippen molar-refractivity contribution in [2.45, 2.75) is 24.8 Å². The topological polar surface area (TPSA) is 72.9 Å². The van der Waals surface area contributed by atoms with E-state index in [-0.39, 0.29) is 29.3 Å². The molecule has 2 aliphatic rings. The van der Waals surface area contributed by atoms with Gasteiger partial charge in [-0.15, -0.1) is 0 Å². The van der Waals surface area contributed by atoms with Gasteiger partial charge < -0.3 is 9.80 Å². The molecule has 0 radical (unpaired) electrons. The van der Waals surface area contributed by atoms with E-state index in [1.165, 1.54) is 12.1 Å². The Labute approximate surface area is 174 Å². The molecule has 0 aromatic heterocycles. The number of hydrogen-bond acceptors (Lipinski definition) is 4. The zero-order valence-corrected chi connectivity index (χ0v) is 16.6. The van der Waals surface area contributed by atoms with Crippen LogP contribution >= 0.6 is 0 Å². The zero-order chi connectivity index (χ0) is 21.3. The quantitative estimate of drug-likeness (QED) is 0.453. The molecule has 1 spiro atoms. The smallest absolute Gasteiger partial charge is 0.274 e. The van der Waals surface area contributed by atoms with Crippen LogP contribution in [0.3, 0.4) is 0 Å². The summed E-state index contributed by atoms with van der Waals surface area (Å²) in [5, 5.41) is 8.98. The Morgan fingerprint density at radius 3 is 2.53 bits per heavy atom. The Morgan fingerprint density at radius 2 is 1.83 bits per heavy atom. The van der Waals surface area contributed by atoms with Gasteiger partial charge in [0, 0.05) is 36.5 Å². The van der Waals surface area contributed by atoms with Crippen LogP contribution in [0.4, 0.5) is 10.1 Å². The fourth-order valence-corrected chi connectivity index (χ4v) is 4.53. The van der Waals surface area contributed by atoms with E-state index in [1.54, 1.807) is 17.6 Å². The number of carbonyl (C=O) groups is 2. The van der Waals surface area contributed by atoms with Gasteiger partial charge >= 0.3 is 0 Å². The van der Waals surface area contributed by atoms with Crippen LogP contribution in [-0.2, 0) is 16.0 Å². The number of hydrogen-bond donors (Lipinski definition) is 2. The molecule has 6 nitrogen and oxygen atoms in total. The summed E-state index contributed by atoms with van der Waals surface area (Å²) >= 11 is 0. The van der Waals surface area contributed by atoms with Crippen LogP contribution in [0.1, 0.15) is 24.0 Å². The van der Waals surface area contributed by atoms with Gasteiger partial charge in [0.25, 0.3) is 5.91 Å². The van der Waals surface area contributed by atoms with Crippen LogP contribution in [0.15, 0.2) is 55.1 Å². The molecule has 156 valence electrons. The number of nitrogens with one attached hydrogen (secondary N) is 1. The predicted octanol–water partition coefficient (Wildman–Crippen LogP) is 2.77. The lowest BCUT2D eigenvalue weighted by Crippen LogP contribution is -2.69. The number of nitrogens with zero attached hydrogens (tertiary/aromatic N) is 2. The standard InChI is InChI=1S/C23H24FN3O3/c1-16(22(29)25-30)19-5-2-3-6-20(19)27-12-4-11-23(27)14-26(15-23)21(28)13-17-7-9-18(24)10-8-17/h2-3,5-10,30H,1,4,11-15H2,(H,25,29). The van der Waals surface area contributed by atoms with Crippen molar-refractivity contribution in [3.63, 3.8) is 0 Å². The van der Waals surface area contributed by atoms with Crippen LogP contribution in [0.2, 0.25) is 0 Å². The molecule has 2 heterocycles. The number of carbonyl (C=O) groups excluding carboxylic acids is 2. The number of benzene rings is 2. The minimum Gasteiger partial charge on any atom is -0.362 e. The first-order chi connectivity index (χ1) is 14.4. The maximum atomic E-state index is 13.1. The van der Waals surface area contributed by atoms with E-state index >= 15 is 0 Å². The van der Waals surface area contributed by atoms with Gasteiger partial charge in [0.15, 0.2) is 0 Å². The van der Waals surface area contributed by atoms with Gasteiger partial charge in [-0.2, -0.15) is 0 Å². The number of anilines is 1. The average Bonchev–Trinajstić information content (AvgIpc) is 3.18. The summed E-state index contributed by atoms with van der Waals surface area (Å²) in [5.41, 5.74) is 4.02. The fourth-order valence-electron chi connectivity index (χ4n) is 4.53. The first-order valence-electron chi connectivity index (χ1n) is 9.96. The van der Waals surface area contributed by atoms with Crippen LogP contribution < -0.4 is 10.4 Å². The maximum absolute atomic E-state index is 13.1. The lowest BCUT2D eigenvalue weighted by molar-refractivity contribution is -0.137. The third kappa shape index (κ3) is 3.57. The second-order valence-corrected chi connectivity index (χ2v) is 7.97. The minimum absolute atomic E-state index is 0.0245. The van der Waals surface area contributed by atoms with Gasteiger partial charge in [-0.05, 0) is 36.6 Å². The first-order valence-corrected chi connectivity index (χ1v) is 9.96. The minimum atomic E-state index is -0.639. The molecule has 2 aromatic carbocycles. The van der Waals surface area contributed by atoms with Crippen molar-refractivity contribution in [2.24, 2.45) is 0 Å². The highest BCUT2D eigenvalue weighted by Crippen LogP contribution is 2.43. The Hall–Kier alpha value is -3.19. The second-order valence-electron chi connectivity index (χ2n) is 7.97. The van der Waals surface area contributed by atoms with Gasteiger partial charge in [0.05, 0.1) is 12.0 Å². The molecule has 2 saturated heterocycles. The molecule has 0 saturated carbocycles. The van der Waals surface area contributed by atoms with Gasteiger partial charge in [0.2, 0.25) is 5.91 Å². The zero-order valence-electron chi connectivity index (χ0n) is 16.6. The Bertz CT molecular complexity index is 983. The van der Waals surface area contributed by atoms with Crippen LogP contribution in [0.25, 0.3) is 5.57 Å². The Kier molecular flexibility index (Phi) is 5.30. The SMILES string of the molecule is C=C(C(=O)NO)c1ccccc1N1CCCC12CN(C(=O)Cc1ccc(F)cc1)C2. The van der Waals surface area contributed by atoms with Crippen molar-refractivity contribution in [3.8, 4) is 0 Å². The molecule has 0 bridgehead atoms. The molecule has 4 rings (SSSR count). The molecule has 0 atom stereocenters. The van der Waals surface area contributed by atoms with E-state index in [9.17, 15) is 14.0 Å². The van der Waals surface area contributed by atoms with Gasteiger partial charge in [-0.25, -0.2) is 9.87 Å². The summed E-state index contributed by atoms with van der Waals surface area (Å²) in [7, 11) is 0. The molecule has 2 amide bonds. The molecule has 7 heteroatoms. The molecule has 0 unspecified atom stereocenters. The molecular weight excluding hydrogens is 385 g/mol. The van der Waals surface area contributed by atoms with Gasteiger partial charge in [-0.1, -0.05) is 36.9 Å². The number of rotatable bonds is 5. The van der Waals surface area contributed by atoms with Crippen molar-refractivity contribution in [3.05, 3.63) is 72.1 Å². The Balaban J connectivity index is 1.49. The summed E-state index contributed by atoms with van der Waals surface area (Å²) in [6.07, 6.45) is 2.20. The maximum Gasteiger partial charge on any atom is 0.274 e.